The average molecular weight is 265 g/mol. The van der Waals surface area contributed by atoms with Gasteiger partial charge in [0.05, 0.1) is 0 Å². The van der Waals surface area contributed by atoms with E-state index in [0.29, 0.717) is 18.0 Å². The molecule has 0 unspecified atom stereocenters. The van der Waals surface area contributed by atoms with E-state index in [1.54, 1.807) is 19.0 Å². The van der Waals surface area contributed by atoms with Crippen molar-refractivity contribution in [3.63, 3.8) is 0 Å². The minimum Gasteiger partial charge on any atom is -0.389 e. The molecule has 0 atom stereocenters. The zero-order chi connectivity index (χ0) is 13.7. The van der Waals surface area contributed by atoms with Crippen molar-refractivity contribution in [1.29, 1.82) is 0 Å². The van der Waals surface area contributed by atoms with Crippen LogP contribution in [-0.4, -0.2) is 36.4 Å². The molecule has 1 rings (SSSR count). The molecule has 0 spiro atoms. The first-order valence-corrected chi connectivity index (χ1v) is 6.17. The molecule has 0 saturated heterocycles. The Labute approximate surface area is 113 Å². The van der Waals surface area contributed by atoms with Gasteiger partial charge >= 0.3 is 0 Å². The molecule has 0 bridgehead atoms. The van der Waals surface area contributed by atoms with Crippen molar-refractivity contribution in [2.45, 2.75) is 13.3 Å². The van der Waals surface area contributed by atoms with Gasteiger partial charge < -0.3 is 16.0 Å². The lowest BCUT2D eigenvalue weighted by molar-refractivity contribution is -0.128. The number of nitrogens with one attached hydrogen (secondary N) is 1. The van der Waals surface area contributed by atoms with E-state index in [-0.39, 0.29) is 5.91 Å². The Morgan fingerprint density at radius 1 is 1.44 bits per heavy atom. The van der Waals surface area contributed by atoms with Crippen LogP contribution < -0.4 is 11.1 Å². The predicted molar refractivity (Wildman–Crippen MR) is 78.9 cm³/mol. The van der Waals surface area contributed by atoms with E-state index in [1.165, 1.54) is 0 Å². The number of hydrogen-bond donors (Lipinski definition) is 2. The Balaban J connectivity index is 2.73. The van der Waals surface area contributed by atoms with Crippen molar-refractivity contribution < 1.29 is 4.79 Å². The van der Waals surface area contributed by atoms with Gasteiger partial charge in [0.2, 0.25) is 5.91 Å². The van der Waals surface area contributed by atoms with Gasteiger partial charge in [-0.3, -0.25) is 4.79 Å². The van der Waals surface area contributed by atoms with Crippen molar-refractivity contribution >= 4 is 28.8 Å². The zero-order valence-electron chi connectivity index (χ0n) is 11.0. The summed E-state index contributed by atoms with van der Waals surface area (Å²) in [5, 5.41) is 3.23. The molecular formula is C13H19N3OS. The van der Waals surface area contributed by atoms with Crippen LogP contribution in [0, 0.1) is 6.92 Å². The molecular weight excluding hydrogens is 246 g/mol. The van der Waals surface area contributed by atoms with Gasteiger partial charge in [-0.2, -0.15) is 0 Å². The highest BCUT2D eigenvalue weighted by Crippen LogP contribution is 2.20. The van der Waals surface area contributed by atoms with E-state index < -0.39 is 0 Å². The fourth-order valence-corrected chi connectivity index (χ4v) is 1.80. The van der Waals surface area contributed by atoms with Gasteiger partial charge in [0, 0.05) is 38.3 Å². The summed E-state index contributed by atoms with van der Waals surface area (Å²) in [6.07, 6.45) is 0.443. The lowest BCUT2D eigenvalue weighted by Gasteiger charge is -2.15. The van der Waals surface area contributed by atoms with E-state index in [0.717, 1.165) is 16.8 Å². The molecule has 0 aliphatic heterocycles. The number of rotatable bonds is 5. The fraction of sp³-hybridized carbons (Fsp3) is 0.385. The van der Waals surface area contributed by atoms with E-state index >= 15 is 0 Å². The summed E-state index contributed by atoms with van der Waals surface area (Å²) >= 11 is 5.02. The smallest absolute Gasteiger partial charge is 0.223 e. The van der Waals surface area contributed by atoms with E-state index in [2.05, 4.69) is 5.32 Å². The third-order valence-electron chi connectivity index (χ3n) is 2.68. The van der Waals surface area contributed by atoms with Crippen molar-refractivity contribution in [2.75, 3.05) is 26.0 Å². The number of thiocarbonyl (C=S) groups is 1. The minimum absolute atomic E-state index is 0.0907. The molecule has 0 aliphatic carbocycles. The first kappa shape index (κ1) is 14.4. The van der Waals surface area contributed by atoms with Crippen LogP contribution in [0.5, 0.6) is 0 Å². The molecule has 18 heavy (non-hydrogen) atoms. The van der Waals surface area contributed by atoms with E-state index in [4.69, 9.17) is 18.0 Å². The summed E-state index contributed by atoms with van der Waals surface area (Å²) in [6, 6.07) is 5.78. The molecule has 0 saturated carbocycles. The Morgan fingerprint density at radius 2 is 2.11 bits per heavy atom. The number of carbonyl (C=O) groups is 1. The summed E-state index contributed by atoms with van der Waals surface area (Å²) in [7, 11) is 3.49. The molecule has 5 heteroatoms. The Kier molecular flexibility index (Phi) is 5.09. The van der Waals surface area contributed by atoms with Gasteiger partial charge in [-0.05, 0) is 18.6 Å². The molecule has 0 heterocycles. The van der Waals surface area contributed by atoms with E-state index in [1.807, 2.05) is 25.1 Å². The second kappa shape index (κ2) is 6.35. The highest BCUT2D eigenvalue weighted by molar-refractivity contribution is 7.80. The van der Waals surface area contributed by atoms with Crippen LogP contribution in [0.2, 0.25) is 0 Å². The molecule has 1 aromatic rings. The summed E-state index contributed by atoms with van der Waals surface area (Å²) in [4.78, 5) is 13.4. The van der Waals surface area contributed by atoms with Crippen molar-refractivity contribution in [3.05, 3.63) is 29.3 Å². The van der Waals surface area contributed by atoms with Gasteiger partial charge in [-0.15, -0.1) is 0 Å². The second-order valence-electron chi connectivity index (χ2n) is 4.33. The zero-order valence-corrected chi connectivity index (χ0v) is 11.8. The second-order valence-corrected chi connectivity index (χ2v) is 4.77. The maximum Gasteiger partial charge on any atom is 0.223 e. The first-order valence-electron chi connectivity index (χ1n) is 5.77. The van der Waals surface area contributed by atoms with Crippen LogP contribution in [0.3, 0.4) is 0 Å². The molecule has 3 N–H and O–H groups in total. The standard InChI is InChI=1S/C13H19N3OS/c1-9-5-4-6-10(13(14)18)12(9)15-8-7-11(17)16(2)3/h4-6,15H,7-8H2,1-3H3,(H2,14,18). The van der Waals surface area contributed by atoms with Crippen LogP contribution >= 0.6 is 12.2 Å². The Morgan fingerprint density at radius 3 is 2.67 bits per heavy atom. The SMILES string of the molecule is Cc1cccc(C(N)=S)c1NCCC(=O)N(C)C. The van der Waals surface area contributed by atoms with Crippen LogP contribution in [-0.2, 0) is 4.79 Å². The topological polar surface area (TPSA) is 58.4 Å². The molecule has 98 valence electrons. The average Bonchev–Trinajstić information content (AvgIpc) is 2.30. The summed E-state index contributed by atoms with van der Waals surface area (Å²) < 4.78 is 0. The van der Waals surface area contributed by atoms with Crippen LogP contribution in [0.25, 0.3) is 0 Å². The molecule has 0 radical (unpaired) electrons. The lowest BCUT2D eigenvalue weighted by atomic mass is 10.1. The predicted octanol–water partition coefficient (Wildman–Crippen LogP) is 1.52. The maximum atomic E-state index is 11.5. The quantitative estimate of drug-likeness (QED) is 0.793. The van der Waals surface area contributed by atoms with Gasteiger partial charge in [0.1, 0.15) is 4.99 Å². The molecule has 0 aromatic heterocycles. The lowest BCUT2D eigenvalue weighted by Crippen LogP contribution is -2.24. The van der Waals surface area contributed by atoms with E-state index in [9.17, 15) is 4.79 Å². The summed E-state index contributed by atoms with van der Waals surface area (Å²) in [5.74, 6) is 0.0907. The number of anilines is 1. The number of nitrogens with two attached hydrogens (primary N) is 1. The van der Waals surface area contributed by atoms with Crippen molar-refractivity contribution in [3.8, 4) is 0 Å². The largest absolute Gasteiger partial charge is 0.389 e. The third-order valence-corrected chi connectivity index (χ3v) is 2.90. The monoisotopic (exact) mass is 265 g/mol. The van der Waals surface area contributed by atoms with Crippen LogP contribution in [0.4, 0.5) is 5.69 Å². The number of carbonyl (C=O) groups excluding carboxylic acids is 1. The number of aryl methyl sites for hydroxylation is 1. The van der Waals surface area contributed by atoms with Gasteiger partial charge in [-0.1, -0.05) is 24.4 Å². The number of para-hydroxylation sites is 1. The summed E-state index contributed by atoms with van der Waals surface area (Å²) in [6.45, 7) is 2.55. The van der Waals surface area contributed by atoms with Crippen molar-refractivity contribution in [1.82, 2.24) is 4.90 Å². The number of benzene rings is 1. The molecule has 1 aromatic carbocycles. The number of nitrogens with zero attached hydrogens (tertiary/aromatic N) is 1. The van der Waals surface area contributed by atoms with Crippen LogP contribution in [0.1, 0.15) is 17.5 Å². The molecule has 0 aliphatic rings. The van der Waals surface area contributed by atoms with Gasteiger partial charge in [-0.25, -0.2) is 0 Å². The van der Waals surface area contributed by atoms with Gasteiger partial charge in [0.15, 0.2) is 0 Å². The highest BCUT2D eigenvalue weighted by Gasteiger charge is 2.08. The highest BCUT2D eigenvalue weighted by atomic mass is 32.1. The Bertz CT molecular complexity index is 458. The Hall–Kier alpha value is -1.62. The van der Waals surface area contributed by atoms with Crippen LogP contribution in [0.15, 0.2) is 18.2 Å². The molecule has 0 fully saturated rings. The maximum absolute atomic E-state index is 11.5. The third kappa shape index (κ3) is 3.70. The number of amides is 1. The normalized spacial score (nSPS) is 9.94. The first-order chi connectivity index (χ1) is 8.43. The number of hydrogen-bond acceptors (Lipinski definition) is 3. The molecule has 4 nitrogen and oxygen atoms in total. The van der Waals surface area contributed by atoms with Crippen molar-refractivity contribution in [2.24, 2.45) is 5.73 Å². The fourth-order valence-electron chi connectivity index (χ4n) is 1.63. The molecule has 1 amide bonds. The summed E-state index contributed by atoms with van der Waals surface area (Å²) in [5.41, 5.74) is 8.48. The minimum atomic E-state index is 0.0907. The van der Waals surface area contributed by atoms with Gasteiger partial charge in [0.25, 0.3) is 0 Å².